The van der Waals surface area contributed by atoms with Crippen LogP contribution in [0.4, 0.5) is 0 Å². The highest BCUT2D eigenvalue weighted by molar-refractivity contribution is 7.91. The lowest BCUT2D eigenvalue weighted by Crippen LogP contribution is -2.35. The molecule has 1 saturated carbocycles. The molecule has 1 atom stereocenters. The average molecular weight is 473 g/mol. The van der Waals surface area contributed by atoms with E-state index in [1.165, 1.54) is 12.8 Å². The summed E-state index contributed by atoms with van der Waals surface area (Å²) in [6.45, 7) is 1.88. The van der Waals surface area contributed by atoms with E-state index in [1.807, 2.05) is 35.1 Å². The van der Waals surface area contributed by atoms with Gasteiger partial charge >= 0.3 is 0 Å². The molecule has 3 aromatic rings. The van der Waals surface area contributed by atoms with Gasteiger partial charge in [0.2, 0.25) is 0 Å². The average Bonchev–Trinajstić information content (AvgIpc) is 3.42. The van der Waals surface area contributed by atoms with E-state index in [-0.39, 0.29) is 29.5 Å². The van der Waals surface area contributed by atoms with Crippen molar-refractivity contribution in [2.24, 2.45) is 0 Å². The van der Waals surface area contributed by atoms with Crippen LogP contribution in [0.1, 0.15) is 67.3 Å². The number of rotatable bonds is 4. The SMILES string of the molecule is Cc1nc2c(C(=O)NC3CCCCCC3)nc(-c3cccs3)cc2n1C1CCS(=O)(=O)C1. The topological polar surface area (TPSA) is 93.9 Å². The maximum Gasteiger partial charge on any atom is 0.272 e. The number of hydrogen-bond acceptors (Lipinski definition) is 6. The van der Waals surface area contributed by atoms with Crippen molar-refractivity contribution >= 4 is 38.1 Å². The highest BCUT2D eigenvalue weighted by Crippen LogP contribution is 2.33. The smallest absolute Gasteiger partial charge is 0.272 e. The third-order valence-corrected chi connectivity index (χ3v) is 9.25. The molecule has 2 fully saturated rings. The third-order valence-electron chi connectivity index (χ3n) is 6.61. The van der Waals surface area contributed by atoms with Crippen LogP contribution in [0.5, 0.6) is 0 Å². The molecule has 1 aliphatic carbocycles. The largest absolute Gasteiger partial charge is 0.348 e. The van der Waals surface area contributed by atoms with Gasteiger partial charge in [0.1, 0.15) is 11.3 Å². The molecule has 1 saturated heterocycles. The molecule has 0 aromatic carbocycles. The van der Waals surface area contributed by atoms with E-state index < -0.39 is 9.84 Å². The molecule has 9 heteroatoms. The van der Waals surface area contributed by atoms with Crippen molar-refractivity contribution in [3.8, 4) is 10.6 Å². The summed E-state index contributed by atoms with van der Waals surface area (Å²) in [4.78, 5) is 23.8. The molecule has 2 aliphatic rings. The van der Waals surface area contributed by atoms with Gasteiger partial charge in [-0.3, -0.25) is 4.79 Å². The Balaban J connectivity index is 1.60. The summed E-state index contributed by atoms with van der Waals surface area (Å²) in [5.41, 5.74) is 2.39. The summed E-state index contributed by atoms with van der Waals surface area (Å²) in [6.07, 6.45) is 7.25. The van der Waals surface area contributed by atoms with Crippen molar-refractivity contribution in [3.63, 3.8) is 0 Å². The number of nitrogens with zero attached hydrogens (tertiary/aromatic N) is 3. The number of carbonyl (C=O) groups excluding carboxylic acids is 1. The van der Waals surface area contributed by atoms with Crippen molar-refractivity contribution in [3.05, 3.63) is 35.1 Å². The number of pyridine rings is 1. The van der Waals surface area contributed by atoms with Crippen molar-refractivity contribution in [2.45, 2.75) is 64.0 Å². The molecule has 3 aromatic heterocycles. The number of sulfone groups is 1. The molecular formula is C23H28N4O3S2. The molecule has 4 heterocycles. The monoisotopic (exact) mass is 472 g/mol. The highest BCUT2D eigenvalue weighted by Gasteiger charge is 2.32. The molecule has 32 heavy (non-hydrogen) atoms. The Morgan fingerprint density at radius 2 is 1.94 bits per heavy atom. The Bertz CT molecular complexity index is 1240. The van der Waals surface area contributed by atoms with Crippen molar-refractivity contribution in [2.75, 3.05) is 11.5 Å². The summed E-state index contributed by atoms with van der Waals surface area (Å²) in [7, 11) is -3.05. The first-order valence-electron chi connectivity index (χ1n) is 11.4. The first kappa shape index (κ1) is 21.6. The van der Waals surface area contributed by atoms with E-state index in [4.69, 9.17) is 9.97 Å². The molecule has 1 unspecified atom stereocenters. The summed E-state index contributed by atoms with van der Waals surface area (Å²) in [5.74, 6) is 0.827. The second-order valence-electron chi connectivity index (χ2n) is 8.95. The normalized spacial score (nSPS) is 21.6. The van der Waals surface area contributed by atoms with E-state index in [2.05, 4.69) is 5.32 Å². The number of aryl methyl sites for hydroxylation is 1. The van der Waals surface area contributed by atoms with Crippen LogP contribution in [-0.2, 0) is 9.84 Å². The van der Waals surface area contributed by atoms with Gasteiger partial charge in [0.25, 0.3) is 5.91 Å². The minimum atomic E-state index is -3.05. The van der Waals surface area contributed by atoms with Crippen LogP contribution >= 0.6 is 11.3 Å². The lowest BCUT2D eigenvalue weighted by molar-refractivity contribution is 0.0930. The van der Waals surface area contributed by atoms with Gasteiger partial charge in [0.05, 0.1) is 33.6 Å². The summed E-state index contributed by atoms with van der Waals surface area (Å²) >= 11 is 1.57. The lowest BCUT2D eigenvalue weighted by atomic mass is 10.1. The Labute approximate surface area is 192 Å². The molecule has 1 amide bonds. The predicted molar refractivity (Wildman–Crippen MR) is 127 cm³/mol. The number of carbonyl (C=O) groups is 1. The Morgan fingerprint density at radius 3 is 2.59 bits per heavy atom. The fraction of sp³-hybridized carbons (Fsp3) is 0.522. The maximum atomic E-state index is 13.4. The van der Waals surface area contributed by atoms with Gasteiger partial charge in [-0.1, -0.05) is 31.7 Å². The molecule has 0 bridgehead atoms. The Hall–Kier alpha value is -2.26. The van der Waals surface area contributed by atoms with Crippen LogP contribution in [0.3, 0.4) is 0 Å². The number of fused-ring (bicyclic) bond motifs is 1. The van der Waals surface area contributed by atoms with E-state index in [1.54, 1.807) is 11.3 Å². The number of thiophene rings is 1. The number of imidazole rings is 1. The molecule has 1 N–H and O–H groups in total. The molecule has 170 valence electrons. The first-order chi connectivity index (χ1) is 15.4. The van der Waals surface area contributed by atoms with Crippen LogP contribution in [0.25, 0.3) is 21.6 Å². The quantitative estimate of drug-likeness (QED) is 0.572. The van der Waals surface area contributed by atoms with Crippen LogP contribution < -0.4 is 5.32 Å². The third kappa shape index (κ3) is 4.20. The summed E-state index contributed by atoms with van der Waals surface area (Å²) < 4.78 is 26.3. The van der Waals surface area contributed by atoms with E-state index in [0.717, 1.165) is 47.6 Å². The number of aromatic nitrogens is 3. The Kier molecular flexibility index (Phi) is 5.79. The van der Waals surface area contributed by atoms with Crippen LogP contribution in [0.15, 0.2) is 23.6 Å². The molecule has 0 radical (unpaired) electrons. The van der Waals surface area contributed by atoms with E-state index in [9.17, 15) is 13.2 Å². The first-order valence-corrected chi connectivity index (χ1v) is 14.1. The number of nitrogens with one attached hydrogen (secondary N) is 1. The zero-order chi connectivity index (χ0) is 22.3. The van der Waals surface area contributed by atoms with Crippen LogP contribution in [0.2, 0.25) is 0 Å². The fourth-order valence-electron chi connectivity index (χ4n) is 5.03. The lowest BCUT2D eigenvalue weighted by Gasteiger charge is -2.17. The van der Waals surface area contributed by atoms with Crippen LogP contribution in [-0.4, -0.2) is 46.4 Å². The van der Waals surface area contributed by atoms with Crippen LogP contribution in [0, 0.1) is 6.92 Å². The van der Waals surface area contributed by atoms with Gasteiger partial charge in [-0.05, 0) is 43.7 Å². The van der Waals surface area contributed by atoms with Crippen molar-refractivity contribution in [1.29, 1.82) is 0 Å². The van der Waals surface area contributed by atoms with Gasteiger partial charge in [-0.2, -0.15) is 0 Å². The molecular weight excluding hydrogens is 444 g/mol. The molecule has 5 rings (SSSR count). The summed E-state index contributed by atoms with van der Waals surface area (Å²) in [6, 6.07) is 5.90. The number of amides is 1. The van der Waals surface area contributed by atoms with Crippen molar-refractivity contribution < 1.29 is 13.2 Å². The maximum absolute atomic E-state index is 13.4. The van der Waals surface area contributed by atoms with Gasteiger partial charge in [-0.15, -0.1) is 11.3 Å². The van der Waals surface area contributed by atoms with Gasteiger partial charge in [-0.25, -0.2) is 18.4 Å². The molecule has 7 nitrogen and oxygen atoms in total. The van der Waals surface area contributed by atoms with E-state index in [0.29, 0.717) is 17.6 Å². The van der Waals surface area contributed by atoms with E-state index >= 15 is 0 Å². The van der Waals surface area contributed by atoms with Gasteiger partial charge in [0.15, 0.2) is 15.5 Å². The van der Waals surface area contributed by atoms with Crippen molar-refractivity contribution in [1.82, 2.24) is 19.9 Å². The second-order valence-corrected chi connectivity index (χ2v) is 12.1. The minimum absolute atomic E-state index is 0.111. The van der Waals surface area contributed by atoms with Gasteiger partial charge in [0, 0.05) is 6.04 Å². The number of hydrogen-bond donors (Lipinski definition) is 1. The fourth-order valence-corrected chi connectivity index (χ4v) is 7.42. The second kappa shape index (κ2) is 8.59. The zero-order valence-electron chi connectivity index (χ0n) is 18.2. The molecule has 1 aliphatic heterocycles. The standard InChI is InChI=1S/C23H28N4O3S2/c1-15-24-21-19(27(15)17-10-12-32(29,30)14-17)13-18(20-9-6-11-31-20)26-22(21)23(28)25-16-7-4-2-3-5-8-16/h6,9,11,13,16-17H,2-5,7-8,10,12,14H2,1H3,(H,25,28). The van der Waals surface area contributed by atoms with Gasteiger partial charge < -0.3 is 9.88 Å². The highest BCUT2D eigenvalue weighted by atomic mass is 32.2. The summed E-state index contributed by atoms with van der Waals surface area (Å²) in [5, 5.41) is 5.19. The predicted octanol–water partition coefficient (Wildman–Crippen LogP) is 4.28. The Morgan fingerprint density at radius 1 is 1.16 bits per heavy atom. The zero-order valence-corrected chi connectivity index (χ0v) is 19.8. The minimum Gasteiger partial charge on any atom is -0.348 e. The molecule has 0 spiro atoms.